The number of ether oxygens (including phenoxy) is 1. The van der Waals surface area contributed by atoms with E-state index in [0.717, 1.165) is 22.8 Å². The number of guanidine groups is 1. The smallest absolute Gasteiger partial charge is 0.191 e. The zero-order chi connectivity index (χ0) is 16.8. The third kappa shape index (κ3) is 3.62. The van der Waals surface area contributed by atoms with Gasteiger partial charge in [-0.1, -0.05) is 18.2 Å². The summed E-state index contributed by atoms with van der Waals surface area (Å²) in [7, 11) is 3.40. The molecule has 0 aliphatic heterocycles. The molecular formula is C17H20N6O. The van der Waals surface area contributed by atoms with Crippen LogP contribution in [-0.2, 0) is 13.1 Å². The molecule has 0 amide bonds. The second-order valence-corrected chi connectivity index (χ2v) is 5.17. The van der Waals surface area contributed by atoms with E-state index in [1.165, 1.54) is 0 Å². The summed E-state index contributed by atoms with van der Waals surface area (Å²) in [5, 5.41) is 14.8. The minimum atomic E-state index is 0.535. The molecule has 0 bridgehead atoms. The van der Waals surface area contributed by atoms with Crippen LogP contribution in [0.5, 0.6) is 5.75 Å². The van der Waals surface area contributed by atoms with E-state index in [1.807, 2.05) is 53.1 Å². The largest absolute Gasteiger partial charge is 0.497 e. The molecule has 124 valence electrons. The second kappa shape index (κ2) is 7.45. The molecule has 0 radical (unpaired) electrons. The molecule has 7 nitrogen and oxygen atoms in total. The van der Waals surface area contributed by atoms with Crippen LogP contribution >= 0.6 is 0 Å². The van der Waals surface area contributed by atoms with Gasteiger partial charge < -0.3 is 15.4 Å². The minimum absolute atomic E-state index is 0.535. The van der Waals surface area contributed by atoms with E-state index in [0.29, 0.717) is 19.0 Å². The van der Waals surface area contributed by atoms with Gasteiger partial charge in [0, 0.05) is 19.8 Å². The van der Waals surface area contributed by atoms with Gasteiger partial charge in [0.15, 0.2) is 17.4 Å². The molecule has 3 rings (SSSR count). The topological polar surface area (TPSA) is 75.8 Å². The first-order chi connectivity index (χ1) is 11.8. The summed E-state index contributed by atoms with van der Waals surface area (Å²) in [5.41, 5.74) is 1.97. The first-order valence-electron chi connectivity index (χ1n) is 7.66. The summed E-state index contributed by atoms with van der Waals surface area (Å²) in [6, 6.07) is 13.7. The van der Waals surface area contributed by atoms with Crippen molar-refractivity contribution in [3.63, 3.8) is 0 Å². The van der Waals surface area contributed by atoms with Crippen LogP contribution in [0.1, 0.15) is 11.4 Å². The second-order valence-electron chi connectivity index (χ2n) is 5.17. The van der Waals surface area contributed by atoms with Gasteiger partial charge in [-0.3, -0.25) is 9.39 Å². The van der Waals surface area contributed by atoms with Crippen molar-refractivity contribution in [3.8, 4) is 5.75 Å². The van der Waals surface area contributed by atoms with Gasteiger partial charge in [-0.05, 0) is 29.8 Å². The van der Waals surface area contributed by atoms with Crippen molar-refractivity contribution in [2.45, 2.75) is 13.1 Å². The zero-order valence-electron chi connectivity index (χ0n) is 13.7. The fraction of sp³-hybridized carbons (Fsp3) is 0.235. The Labute approximate surface area is 140 Å². The van der Waals surface area contributed by atoms with Crippen molar-refractivity contribution in [1.29, 1.82) is 0 Å². The van der Waals surface area contributed by atoms with Crippen molar-refractivity contribution < 1.29 is 4.74 Å². The van der Waals surface area contributed by atoms with E-state index in [1.54, 1.807) is 14.2 Å². The van der Waals surface area contributed by atoms with Crippen LogP contribution in [0.15, 0.2) is 53.7 Å². The fourth-order valence-corrected chi connectivity index (χ4v) is 2.32. The number of aromatic nitrogens is 3. The number of fused-ring (bicyclic) bond motifs is 1. The molecule has 0 aliphatic carbocycles. The highest BCUT2D eigenvalue weighted by molar-refractivity contribution is 5.79. The summed E-state index contributed by atoms with van der Waals surface area (Å²) in [6.45, 7) is 1.21. The molecule has 3 aromatic rings. The molecule has 0 spiro atoms. The molecule has 0 aliphatic rings. The van der Waals surface area contributed by atoms with Crippen LogP contribution in [0.2, 0.25) is 0 Å². The molecule has 1 aromatic carbocycles. The fourth-order valence-electron chi connectivity index (χ4n) is 2.32. The number of hydrogen-bond acceptors (Lipinski definition) is 4. The number of hydrogen-bond donors (Lipinski definition) is 2. The highest BCUT2D eigenvalue weighted by atomic mass is 16.5. The molecule has 0 atom stereocenters. The van der Waals surface area contributed by atoms with Crippen LogP contribution in [-0.4, -0.2) is 34.7 Å². The Kier molecular flexibility index (Phi) is 4.90. The predicted molar refractivity (Wildman–Crippen MR) is 93.0 cm³/mol. The van der Waals surface area contributed by atoms with E-state index in [9.17, 15) is 0 Å². The van der Waals surface area contributed by atoms with Crippen molar-refractivity contribution >= 4 is 11.6 Å². The van der Waals surface area contributed by atoms with E-state index < -0.39 is 0 Å². The third-order valence-corrected chi connectivity index (χ3v) is 3.64. The zero-order valence-corrected chi connectivity index (χ0v) is 13.7. The Morgan fingerprint density at radius 2 is 1.88 bits per heavy atom. The lowest BCUT2D eigenvalue weighted by molar-refractivity contribution is 0.414. The van der Waals surface area contributed by atoms with Gasteiger partial charge in [0.25, 0.3) is 0 Å². The third-order valence-electron chi connectivity index (χ3n) is 3.64. The van der Waals surface area contributed by atoms with Crippen LogP contribution in [0.4, 0.5) is 0 Å². The number of aliphatic imine (C=N–C) groups is 1. The van der Waals surface area contributed by atoms with Crippen molar-refractivity contribution in [2.75, 3.05) is 14.2 Å². The molecule has 0 unspecified atom stereocenters. The van der Waals surface area contributed by atoms with E-state index in [4.69, 9.17) is 4.74 Å². The van der Waals surface area contributed by atoms with Crippen molar-refractivity contribution in [2.24, 2.45) is 4.99 Å². The van der Waals surface area contributed by atoms with Gasteiger partial charge in [0.1, 0.15) is 5.75 Å². The van der Waals surface area contributed by atoms with Gasteiger partial charge in [-0.15, -0.1) is 10.2 Å². The molecule has 7 heteroatoms. The first-order valence-corrected chi connectivity index (χ1v) is 7.66. The molecule has 0 saturated heterocycles. The van der Waals surface area contributed by atoms with Crippen LogP contribution in [0, 0.1) is 0 Å². The summed E-state index contributed by atoms with van der Waals surface area (Å²) in [5.74, 6) is 2.39. The maximum absolute atomic E-state index is 5.16. The summed E-state index contributed by atoms with van der Waals surface area (Å²) >= 11 is 0. The highest BCUT2D eigenvalue weighted by Gasteiger charge is 2.05. The van der Waals surface area contributed by atoms with Gasteiger partial charge in [-0.25, -0.2) is 0 Å². The normalized spacial score (nSPS) is 11.5. The SMILES string of the molecule is CN=C(NCc1ccc(OC)cc1)NCc1nnc2ccccn12. The van der Waals surface area contributed by atoms with E-state index in [2.05, 4.69) is 25.8 Å². The van der Waals surface area contributed by atoms with E-state index in [-0.39, 0.29) is 0 Å². The number of rotatable bonds is 5. The number of methoxy groups -OCH3 is 1. The molecular weight excluding hydrogens is 304 g/mol. The van der Waals surface area contributed by atoms with Gasteiger partial charge in [0.2, 0.25) is 0 Å². The standard InChI is InChI=1S/C17H20N6O/c1-18-17(19-11-13-6-8-14(24-2)9-7-13)20-12-16-22-21-15-5-3-4-10-23(15)16/h3-10H,11-12H2,1-2H3,(H2,18,19,20). The number of nitrogens with zero attached hydrogens (tertiary/aromatic N) is 4. The number of pyridine rings is 1. The van der Waals surface area contributed by atoms with Gasteiger partial charge in [-0.2, -0.15) is 0 Å². The number of benzene rings is 1. The maximum Gasteiger partial charge on any atom is 0.191 e. The summed E-state index contributed by atoms with van der Waals surface area (Å²) in [4.78, 5) is 4.23. The summed E-state index contributed by atoms with van der Waals surface area (Å²) < 4.78 is 7.11. The lowest BCUT2D eigenvalue weighted by Gasteiger charge is -2.11. The minimum Gasteiger partial charge on any atom is -0.497 e. The lowest BCUT2D eigenvalue weighted by Crippen LogP contribution is -2.36. The molecule has 24 heavy (non-hydrogen) atoms. The molecule has 2 heterocycles. The Hall–Kier alpha value is -3.09. The highest BCUT2D eigenvalue weighted by Crippen LogP contribution is 2.10. The Balaban J connectivity index is 1.56. The Bertz CT molecular complexity index is 824. The predicted octanol–water partition coefficient (Wildman–Crippen LogP) is 1.60. The van der Waals surface area contributed by atoms with Gasteiger partial charge >= 0.3 is 0 Å². The lowest BCUT2D eigenvalue weighted by atomic mass is 10.2. The van der Waals surface area contributed by atoms with E-state index >= 15 is 0 Å². The van der Waals surface area contributed by atoms with Crippen molar-refractivity contribution in [1.82, 2.24) is 25.2 Å². The number of nitrogens with one attached hydrogen (secondary N) is 2. The van der Waals surface area contributed by atoms with Crippen LogP contribution < -0.4 is 15.4 Å². The molecule has 2 aromatic heterocycles. The average molecular weight is 324 g/mol. The van der Waals surface area contributed by atoms with Crippen LogP contribution in [0.3, 0.4) is 0 Å². The van der Waals surface area contributed by atoms with Crippen LogP contribution in [0.25, 0.3) is 5.65 Å². The Morgan fingerprint density at radius 1 is 1.08 bits per heavy atom. The van der Waals surface area contributed by atoms with Gasteiger partial charge in [0.05, 0.1) is 13.7 Å². The Morgan fingerprint density at radius 3 is 2.62 bits per heavy atom. The molecule has 2 N–H and O–H groups in total. The summed E-state index contributed by atoms with van der Waals surface area (Å²) in [6.07, 6.45) is 1.94. The quantitative estimate of drug-likeness (QED) is 0.551. The van der Waals surface area contributed by atoms with Crippen molar-refractivity contribution in [3.05, 3.63) is 60.0 Å². The molecule has 0 saturated carbocycles. The average Bonchev–Trinajstić information content (AvgIpc) is 3.05. The first kappa shape index (κ1) is 15.8. The monoisotopic (exact) mass is 324 g/mol. The maximum atomic E-state index is 5.16. The molecule has 0 fully saturated rings.